The molecule has 8 heteroatoms. The summed E-state index contributed by atoms with van der Waals surface area (Å²) in [5, 5.41) is 36.5. The standard InChI is InChI=1S/C8H14O8/c1-3-15-5(9)7(11,12)8(13,14)6(10)16-4-2/h11-14H,3-4H2,1-2H3. The minimum atomic E-state index is -3.80. The van der Waals surface area contributed by atoms with E-state index in [0.29, 0.717) is 0 Å². The lowest BCUT2D eigenvalue weighted by Crippen LogP contribution is -2.64. The van der Waals surface area contributed by atoms with Crippen LogP contribution in [0.1, 0.15) is 13.8 Å². The zero-order chi connectivity index (χ0) is 13.0. The van der Waals surface area contributed by atoms with E-state index in [0.717, 1.165) is 0 Å². The van der Waals surface area contributed by atoms with Crippen molar-refractivity contribution in [2.75, 3.05) is 13.2 Å². The summed E-state index contributed by atoms with van der Waals surface area (Å²) in [6, 6.07) is 0. The maximum atomic E-state index is 11.0. The van der Waals surface area contributed by atoms with E-state index < -0.39 is 23.5 Å². The van der Waals surface area contributed by atoms with Gasteiger partial charge in [0.25, 0.3) is 0 Å². The molecule has 0 aliphatic heterocycles. The molecule has 0 aliphatic carbocycles. The fourth-order valence-electron chi connectivity index (χ4n) is 0.748. The summed E-state index contributed by atoms with van der Waals surface area (Å²) in [7, 11) is 0. The molecule has 0 aromatic heterocycles. The minimum absolute atomic E-state index is 0.236. The zero-order valence-electron chi connectivity index (χ0n) is 8.84. The summed E-state index contributed by atoms with van der Waals surface area (Å²) in [5.41, 5.74) is 0. The Balaban J connectivity index is 4.96. The van der Waals surface area contributed by atoms with Crippen molar-refractivity contribution in [2.45, 2.75) is 25.4 Å². The van der Waals surface area contributed by atoms with Crippen molar-refractivity contribution in [2.24, 2.45) is 0 Å². The molecular weight excluding hydrogens is 224 g/mol. The molecule has 0 radical (unpaired) electrons. The highest BCUT2D eigenvalue weighted by Crippen LogP contribution is 2.20. The molecular formula is C8H14O8. The summed E-state index contributed by atoms with van der Waals surface area (Å²) < 4.78 is 8.31. The first kappa shape index (κ1) is 14.8. The van der Waals surface area contributed by atoms with Crippen LogP contribution in [0.15, 0.2) is 0 Å². The van der Waals surface area contributed by atoms with Gasteiger partial charge < -0.3 is 29.9 Å². The molecule has 0 aromatic carbocycles. The molecule has 16 heavy (non-hydrogen) atoms. The third-order valence-corrected chi connectivity index (χ3v) is 1.61. The number of esters is 2. The highest BCUT2D eigenvalue weighted by atomic mass is 16.7. The van der Waals surface area contributed by atoms with Gasteiger partial charge in [-0.25, -0.2) is 9.59 Å². The molecule has 0 rings (SSSR count). The molecule has 0 atom stereocenters. The van der Waals surface area contributed by atoms with Crippen LogP contribution in [0, 0.1) is 0 Å². The monoisotopic (exact) mass is 238 g/mol. The summed E-state index contributed by atoms with van der Waals surface area (Å²) in [5.74, 6) is -11.1. The van der Waals surface area contributed by atoms with Gasteiger partial charge in [0, 0.05) is 0 Å². The van der Waals surface area contributed by atoms with Crippen LogP contribution in [0.2, 0.25) is 0 Å². The first-order valence-corrected chi connectivity index (χ1v) is 4.45. The summed E-state index contributed by atoms with van der Waals surface area (Å²) in [6.07, 6.45) is 0. The van der Waals surface area contributed by atoms with Gasteiger partial charge in [-0.15, -0.1) is 0 Å². The number of carbonyl (C=O) groups excluding carboxylic acids is 2. The average molecular weight is 238 g/mol. The van der Waals surface area contributed by atoms with Crippen molar-refractivity contribution in [3.8, 4) is 0 Å². The van der Waals surface area contributed by atoms with Crippen molar-refractivity contribution in [1.29, 1.82) is 0 Å². The van der Waals surface area contributed by atoms with Gasteiger partial charge in [0.05, 0.1) is 13.2 Å². The van der Waals surface area contributed by atoms with Crippen LogP contribution in [0.4, 0.5) is 0 Å². The Labute approximate surface area is 91.0 Å². The van der Waals surface area contributed by atoms with Gasteiger partial charge in [-0.3, -0.25) is 0 Å². The zero-order valence-corrected chi connectivity index (χ0v) is 8.84. The molecule has 0 heterocycles. The molecule has 0 amide bonds. The first-order valence-electron chi connectivity index (χ1n) is 4.45. The quantitative estimate of drug-likeness (QED) is 0.304. The second-order valence-electron chi connectivity index (χ2n) is 2.79. The topological polar surface area (TPSA) is 134 Å². The molecule has 0 aliphatic rings. The van der Waals surface area contributed by atoms with Crippen LogP contribution >= 0.6 is 0 Å². The van der Waals surface area contributed by atoms with Crippen molar-refractivity contribution in [3.05, 3.63) is 0 Å². The lowest BCUT2D eigenvalue weighted by atomic mass is 10.1. The molecule has 4 N–H and O–H groups in total. The molecule has 0 saturated carbocycles. The highest BCUT2D eigenvalue weighted by Gasteiger charge is 2.61. The predicted molar refractivity (Wildman–Crippen MR) is 47.6 cm³/mol. The van der Waals surface area contributed by atoms with E-state index >= 15 is 0 Å². The van der Waals surface area contributed by atoms with Gasteiger partial charge in [-0.2, -0.15) is 0 Å². The Bertz CT molecular complexity index is 241. The normalized spacial score (nSPS) is 12.1. The molecule has 8 nitrogen and oxygen atoms in total. The summed E-state index contributed by atoms with van der Waals surface area (Å²) in [6.45, 7) is 2.24. The Morgan fingerprint density at radius 3 is 1.31 bits per heavy atom. The van der Waals surface area contributed by atoms with E-state index in [1.807, 2.05) is 0 Å². The second kappa shape index (κ2) is 5.21. The fourth-order valence-corrected chi connectivity index (χ4v) is 0.748. The Hall–Kier alpha value is -1.22. The van der Waals surface area contributed by atoms with Gasteiger partial charge in [-0.1, -0.05) is 0 Å². The van der Waals surface area contributed by atoms with Crippen LogP contribution < -0.4 is 0 Å². The molecule has 94 valence electrons. The number of aliphatic hydroxyl groups is 4. The SMILES string of the molecule is CCOC(=O)C(O)(O)C(O)(O)C(=O)OCC. The molecule has 0 unspecified atom stereocenters. The first-order chi connectivity index (χ1) is 7.21. The van der Waals surface area contributed by atoms with Crippen LogP contribution in [0.5, 0.6) is 0 Å². The van der Waals surface area contributed by atoms with Gasteiger partial charge in [-0.05, 0) is 13.8 Å². The van der Waals surface area contributed by atoms with E-state index in [-0.39, 0.29) is 13.2 Å². The summed E-state index contributed by atoms with van der Waals surface area (Å²) in [4.78, 5) is 21.9. The molecule has 0 bridgehead atoms. The smallest absolute Gasteiger partial charge is 0.373 e. The molecule has 0 fully saturated rings. The largest absolute Gasteiger partial charge is 0.462 e. The van der Waals surface area contributed by atoms with Gasteiger partial charge in [0.15, 0.2) is 0 Å². The van der Waals surface area contributed by atoms with Crippen LogP contribution in [-0.2, 0) is 19.1 Å². The predicted octanol–water partition coefficient (Wildman–Crippen LogP) is -2.53. The number of rotatable bonds is 5. The number of hydrogen-bond acceptors (Lipinski definition) is 8. The van der Waals surface area contributed by atoms with Crippen LogP contribution in [0.3, 0.4) is 0 Å². The maximum Gasteiger partial charge on any atom is 0.373 e. The van der Waals surface area contributed by atoms with Gasteiger partial charge in [0.1, 0.15) is 0 Å². The number of ether oxygens (including phenoxy) is 2. The molecule has 0 saturated heterocycles. The Morgan fingerprint density at radius 2 is 1.12 bits per heavy atom. The lowest BCUT2D eigenvalue weighted by molar-refractivity contribution is -0.336. The average Bonchev–Trinajstić information content (AvgIpc) is 2.18. The van der Waals surface area contributed by atoms with Gasteiger partial charge >= 0.3 is 23.5 Å². The van der Waals surface area contributed by atoms with Crippen molar-refractivity contribution in [1.82, 2.24) is 0 Å². The fraction of sp³-hybridized carbons (Fsp3) is 0.750. The highest BCUT2D eigenvalue weighted by molar-refractivity contribution is 5.89. The number of hydrogen-bond donors (Lipinski definition) is 4. The third-order valence-electron chi connectivity index (χ3n) is 1.61. The van der Waals surface area contributed by atoms with E-state index in [1.165, 1.54) is 13.8 Å². The van der Waals surface area contributed by atoms with E-state index in [4.69, 9.17) is 20.4 Å². The van der Waals surface area contributed by atoms with E-state index in [1.54, 1.807) is 0 Å². The molecule has 0 spiro atoms. The summed E-state index contributed by atoms with van der Waals surface area (Å²) >= 11 is 0. The van der Waals surface area contributed by atoms with Crippen molar-refractivity contribution < 1.29 is 39.5 Å². The third kappa shape index (κ3) is 2.67. The maximum absolute atomic E-state index is 11.0. The lowest BCUT2D eigenvalue weighted by Gasteiger charge is -2.30. The molecule has 0 aromatic rings. The minimum Gasteiger partial charge on any atom is -0.462 e. The van der Waals surface area contributed by atoms with Crippen LogP contribution in [0.25, 0.3) is 0 Å². The van der Waals surface area contributed by atoms with E-state index in [2.05, 4.69) is 9.47 Å². The van der Waals surface area contributed by atoms with E-state index in [9.17, 15) is 9.59 Å². The van der Waals surface area contributed by atoms with Crippen LogP contribution in [-0.4, -0.2) is 57.2 Å². The number of carbonyl (C=O) groups is 2. The van der Waals surface area contributed by atoms with Gasteiger partial charge in [0.2, 0.25) is 0 Å². The van der Waals surface area contributed by atoms with Crippen molar-refractivity contribution in [3.63, 3.8) is 0 Å². The Morgan fingerprint density at radius 1 is 0.875 bits per heavy atom. The van der Waals surface area contributed by atoms with Crippen molar-refractivity contribution >= 4 is 11.9 Å². The Kier molecular flexibility index (Phi) is 4.81. The second-order valence-corrected chi connectivity index (χ2v) is 2.79.